The Morgan fingerprint density at radius 2 is 1.74 bits per heavy atom. The molecule has 1 N–H and O–H groups in total. The number of rotatable bonds is 3. The summed E-state index contributed by atoms with van der Waals surface area (Å²) in [6.45, 7) is 6.11. The Labute approximate surface area is 116 Å². The van der Waals surface area contributed by atoms with E-state index in [-0.39, 0.29) is 0 Å². The molecule has 4 heteroatoms. The molecule has 3 nitrogen and oxygen atoms in total. The topological polar surface area (TPSA) is 46.2 Å². The Kier molecular flexibility index (Phi) is 4.31. The molecule has 0 spiro atoms. The van der Waals surface area contributed by atoms with Crippen molar-refractivity contribution in [2.75, 3.05) is 19.3 Å². The molecule has 0 amide bonds. The molecule has 1 aromatic carbocycles. The van der Waals surface area contributed by atoms with E-state index in [1.165, 1.54) is 11.8 Å². The van der Waals surface area contributed by atoms with Crippen molar-refractivity contribution in [2.24, 2.45) is 5.92 Å². The van der Waals surface area contributed by atoms with E-state index >= 15 is 0 Å². The van der Waals surface area contributed by atoms with Gasteiger partial charge in [-0.2, -0.15) is 0 Å². The molecule has 1 saturated heterocycles. The van der Waals surface area contributed by atoms with Crippen LogP contribution in [0.15, 0.2) is 17.0 Å². The van der Waals surface area contributed by atoms with Gasteiger partial charge in [0.2, 0.25) is 0 Å². The summed E-state index contributed by atoms with van der Waals surface area (Å²) < 4.78 is 23.9. The van der Waals surface area contributed by atoms with Gasteiger partial charge in [-0.05, 0) is 74.9 Å². The number of aryl methyl sites for hydroxylation is 2. The standard InChI is InChI=1S/C15H23NO2S/c1-11-8-14(10-13-4-6-16-7-5-13)15(9-12(11)2)19(3,17)18/h8-9,13,16H,4-7,10H2,1-3H3. The lowest BCUT2D eigenvalue weighted by Crippen LogP contribution is -2.29. The van der Waals surface area contributed by atoms with Crippen molar-refractivity contribution in [1.29, 1.82) is 0 Å². The number of hydrogen-bond acceptors (Lipinski definition) is 3. The zero-order valence-corrected chi connectivity index (χ0v) is 12.8. The molecule has 1 aliphatic heterocycles. The molecular weight excluding hydrogens is 258 g/mol. The van der Waals surface area contributed by atoms with E-state index in [9.17, 15) is 8.42 Å². The van der Waals surface area contributed by atoms with Crippen LogP contribution < -0.4 is 5.32 Å². The third kappa shape index (κ3) is 3.57. The first-order chi connectivity index (χ1) is 8.88. The molecule has 0 radical (unpaired) electrons. The van der Waals surface area contributed by atoms with Crippen LogP contribution in [0.5, 0.6) is 0 Å². The minimum absolute atomic E-state index is 0.522. The highest BCUT2D eigenvalue weighted by atomic mass is 32.2. The van der Waals surface area contributed by atoms with Crippen LogP contribution in [0.25, 0.3) is 0 Å². The fraction of sp³-hybridized carbons (Fsp3) is 0.600. The molecule has 1 heterocycles. The van der Waals surface area contributed by atoms with E-state index in [2.05, 4.69) is 11.4 Å². The zero-order valence-electron chi connectivity index (χ0n) is 12.0. The molecule has 2 rings (SSSR count). The van der Waals surface area contributed by atoms with Crippen LogP contribution in [-0.2, 0) is 16.3 Å². The van der Waals surface area contributed by atoms with Crippen molar-refractivity contribution >= 4 is 9.84 Å². The Balaban J connectivity index is 2.34. The highest BCUT2D eigenvalue weighted by molar-refractivity contribution is 7.90. The molecule has 1 fully saturated rings. The van der Waals surface area contributed by atoms with Gasteiger partial charge in [0.25, 0.3) is 0 Å². The molecule has 1 aromatic rings. The lowest BCUT2D eigenvalue weighted by atomic mass is 9.90. The maximum absolute atomic E-state index is 11.9. The predicted molar refractivity (Wildman–Crippen MR) is 78.3 cm³/mol. The van der Waals surface area contributed by atoms with Crippen LogP contribution in [0.4, 0.5) is 0 Å². The molecule has 0 aliphatic carbocycles. The summed E-state index contributed by atoms with van der Waals surface area (Å²) in [5.74, 6) is 0.601. The van der Waals surface area contributed by atoms with Crippen molar-refractivity contribution in [3.8, 4) is 0 Å². The Hall–Kier alpha value is -0.870. The maximum atomic E-state index is 11.9. The second-order valence-electron chi connectivity index (χ2n) is 5.71. The van der Waals surface area contributed by atoms with Gasteiger partial charge in [0, 0.05) is 6.26 Å². The third-order valence-electron chi connectivity index (χ3n) is 4.04. The SMILES string of the molecule is Cc1cc(CC2CCNCC2)c(S(C)(=O)=O)cc1C. The van der Waals surface area contributed by atoms with E-state index in [1.807, 2.05) is 19.9 Å². The first-order valence-electron chi connectivity index (χ1n) is 6.89. The lowest BCUT2D eigenvalue weighted by molar-refractivity contribution is 0.371. The van der Waals surface area contributed by atoms with Gasteiger partial charge in [0.1, 0.15) is 0 Å². The molecule has 0 unspecified atom stereocenters. The highest BCUT2D eigenvalue weighted by Gasteiger charge is 2.19. The monoisotopic (exact) mass is 281 g/mol. The van der Waals surface area contributed by atoms with Gasteiger partial charge < -0.3 is 5.32 Å². The van der Waals surface area contributed by atoms with Gasteiger partial charge in [0.15, 0.2) is 9.84 Å². The lowest BCUT2D eigenvalue weighted by Gasteiger charge is -2.24. The Bertz CT molecular complexity index is 558. The van der Waals surface area contributed by atoms with E-state index in [0.717, 1.165) is 43.5 Å². The molecule has 19 heavy (non-hydrogen) atoms. The highest BCUT2D eigenvalue weighted by Crippen LogP contribution is 2.26. The van der Waals surface area contributed by atoms with Gasteiger partial charge >= 0.3 is 0 Å². The smallest absolute Gasteiger partial charge is 0.175 e. The van der Waals surface area contributed by atoms with Crippen LogP contribution in [-0.4, -0.2) is 27.8 Å². The van der Waals surface area contributed by atoms with Crippen LogP contribution in [0, 0.1) is 19.8 Å². The summed E-state index contributed by atoms with van der Waals surface area (Å²) in [5, 5.41) is 3.35. The zero-order chi connectivity index (χ0) is 14.0. The second kappa shape index (κ2) is 5.63. The summed E-state index contributed by atoms with van der Waals surface area (Å²) in [4.78, 5) is 0.522. The maximum Gasteiger partial charge on any atom is 0.175 e. The van der Waals surface area contributed by atoms with Crippen molar-refractivity contribution in [3.63, 3.8) is 0 Å². The first-order valence-corrected chi connectivity index (χ1v) is 8.78. The fourth-order valence-corrected chi connectivity index (χ4v) is 3.76. The quantitative estimate of drug-likeness (QED) is 0.924. The van der Waals surface area contributed by atoms with Gasteiger partial charge in [-0.15, -0.1) is 0 Å². The van der Waals surface area contributed by atoms with Gasteiger partial charge in [-0.1, -0.05) is 6.07 Å². The van der Waals surface area contributed by atoms with Crippen LogP contribution in [0.1, 0.15) is 29.5 Å². The van der Waals surface area contributed by atoms with Crippen molar-refractivity contribution in [1.82, 2.24) is 5.32 Å². The van der Waals surface area contributed by atoms with Gasteiger partial charge in [-0.25, -0.2) is 8.42 Å². The summed E-state index contributed by atoms with van der Waals surface area (Å²) in [6.07, 6.45) is 4.46. The fourth-order valence-electron chi connectivity index (χ4n) is 2.75. The number of hydrogen-bond donors (Lipinski definition) is 1. The van der Waals surface area contributed by atoms with Crippen molar-refractivity contribution < 1.29 is 8.42 Å². The number of nitrogens with one attached hydrogen (secondary N) is 1. The van der Waals surface area contributed by atoms with Crippen molar-refractivity contribution in [3.05, 3.63) is 28.8 Å². The van der Waals surface area contributed by atoms with E-state index in [1.54, 1.807) is 0 Å². The van der Waals surface area contributed by atoms with E-state index in [0.29, 0.717) is 10.8 Å². The number of piperidine rings is 1. The molecule has 0 atom stereocenters. The largest absolute Gasteiger partial charge is 0.317 e. The molecule has 1 aliphatic rings. The van der Waals surface area contributed by atoms with Gasteiger partial charge in [-0.3, -0.25) is 0 Å². The number of benzene rings is 1. The van der Waals surface area contributed by atoms with Crippen LogP contribution in [0.2, 0.25) is 0 Å². The molecule has 0 aromatic heterocycles. The molecule has 0 saturated carbocycles. The summed E-state index contributed by atoms with van der Waals surface area (Å²) in [6, 6.07) is 3.90. The third-order valence-corrected chi connectivity index (χ3v) is 5.22. The van der Waals surface area contributed by atoms with Crippen LogP contribution in [0.3, 0.4) is 0 Å². The average Bonchev–Trinajstić information content (AvgIpc) is 2.33. The summed E-state index contributed by atoms with van der Waals surface area (Å²) in [5.41, 5.74) is 3.23. The summed E-state index contributed by atoms with van der Waals surface area (Å²) in [7, 11) is -3.14. The van der Waals surface area contributed by atoms with E-state index < -0.39 is 9.84 Å². The average molecular weight is 281 g/mol. The Morgan fingerprint density at radius 3 is 2.32 bits per heavy atom. The van der Waals surface area contributed by atoms with E-state index in [4.69, 9.17) is 0 Å². The summed E-state index contributed by atoms with van der Waals surface area (Å²) >= 11 is 0. The first kappa shape index (κ1) is 14.5. The van der Waals surface area contributed by atoms with Crippen LogP contribution >= 0.6 is 0 Å². The van der Waals surface area contributed by atoms with Gasteiger partial charge in [0.05, 0.1) is 4.90 Å². The number of sulfone groups is 1. The predicted octanol–water partition coefficient (Wildman–Crippen LogP) is 2.25. The van der Waals surface area contributed by atoms with Crippen molar-refractivity contribution in [2.45, 2.75) is 38.0 Å². The molecule has 0 bridgehead atoms. The minimum atomic E-state index is -3.14. The molecule has 106 valence electrons. The molecular formula is C15H23NO2S. The minimum Gasteiger partial charge on any atom is -0.317 e. The normalized spacial score (nSPS) is 17.6. The second-order valence-corrected chi connectivity index (χ2v) is 7.70. The Morgan fingerprint density at radius 1 is 1.16 bits per heavy atom.